The Bertz CT molecular complexity index is 763. The molecule has 1 heterocycles. The number of anilines is 1. The summed E-state index contributed by atoms with van der Waals surface area (Å²) in [5, 5.41) is 3.44. The van der Waals surface area contributed by atoms with Crippen LogP contribution in [0.15, 0.2) is 23.3 Å². The van der Waals surface area contributed by atoms with Crippen LogP contribution in [0.5, 0.6) is 5.75 Å². The summed E-state index contributed by atoms with van der Waals surface area (Å²) in [7, 11) is 1.52. The molecule has 0 bridgehead atoms. The second-order valence-corrected chi connectivity index (χ2v) is 7.11. The number of benzene rings is 1. The molecule has 0 aromatic heterocycles. The number of halogens is 1. The third-order valence-corrected chi connectivity index (χ3v) is 5.45. The van der Waals surface area contributed by atoms with Gasteiger partial charge in [0.25, 0.3) is 5.91 Å². The SMILES string of the molecule is COc1cc(Cl)c(C)cc1NC(=O)C1=C(C)C(=O)OC12CCCCC2. The lowest BCUT2D eigenvalue weighted by Gasteiger charge is -2.34. The number of carbonyl (C=O) groups excluding carboxylic acids is 2. The number of hydrogen-bond donors (Lipinski definition) is 1. The summed E-state index contributed by atoms with van der Waals surface area (Å²) in [6.45, 7) is 3.51. The zero-order chi connectivity index (χ0) is 18.2. The highest BCUT2D eigenvalue weighted by Crippen LogP contribution is 2.44. The third-order valence-electron chi connectivity index (χ3n) is 5.04. The Kier molecular flexibility index (Phi) is 4.78. The molecule has 1 amide bonds. The fourth-order valence-corrected chi connectivity index (χ4v) is 3.87. The fourth-order valence-electron chi connectivity index (χ4n) is 3.72. The van der Waals surface area contributed by atoms with Crippen molar-refractivity contribution in [1.82, 2.24) is 0 Å². The minimum absolute atomic E-state index is 0.315. The minimum Gasteiger partial charge on any atom is -0.495 e. The first-order valence-corrected chi connectivity index (χ1v) is 8.86. The van der Waals surface area contributed by atoms with E-state index in [1.807, 2.05) is 6.92 Å². The molecule has 3 rings (SSSR count). The third kappa shape index (κ3) is 3.13. The average molecular weight is 364 g/mol. The Labute approximate surface area is 152 Å². The number of esters is 1. The Hall–Kier alpha value is -2.01. The average Bonchev–Trinajstić information content (AvgIpc) is 2.81. The van der Waals surface area contributed by atoms with Crippen LogP contribution in [0.1, 0.15) is 44.6 Å². The maximum Gasteiger partial charge on any atom is 0.335 e. The van der Waals surface area contributed by atoms with E-state index in [0.29, 0.717) is 40.4 Å². The Morgan fingerprint density at radius 3 is 2.56 bits per heavy atom. The molecule has 134 valence electrons. The van der Waals surface area contributed by atoms with Crippen molar-refractivity contribution in [3.63, 3.8) is 0 Å². The van der Waals surface area contributed by atoms with Gasteiger partial charge in [-0.1, -0.05) is 18.0 Å². The quantitative estimate of drug-likeness (QED) is 0.818. The first-order chi connectivity index (χ1) is 11.9. The van der Waals surface area contributed by atoms with Gasteiger partial charge in [0.2, 0.25) is 0 Å². The van der Waals surface area contributed by atoms with Gasteiger partial charge in [-0.15, -0.1) is 0 Å². The van der Waals surface area contributed by atoms with Crippen molar-refractivity contribution in [2.45, 2.75) is 51.6 Å². The summed E-state index contributed by atoms with van der Waals surface area (Å²) in [5.41, 5.74) is 1.42. The van der Waals surface area contributed by atoms with Gasteiger partial charge in [-0.3, -0.25) is 4.79 Å². The number of methoxy groups -OCH3 is 1. The molecule has 6 heteroatoms. The summed E-state index contributed by atoms with van der Waals surface area (Å²) >= 11 is 6.12. The maximum atomic E-state index is 13.0. The van der Waals surface area contributed by atoms with Crippen molar-refractivity contribution < 1.29 is 19.1 Å². The van der Waals surface area contributed by atoms with Crippen molar-refractivity contribution in [1.29, 1.82) is 0 Å². The highest BCUT2D eigenvalue weighted by Gasteiger charge is 2.49. The second-order valence-electron chi connectivity index (χ2n) is 6.70. The molecule has 1 spiro atoms. The molecule has 0 atom stereocenters. The number of hydrogen-bond acceptors (Lipinski definition) is 4. The van der Waals surface area contributed by atoms with Crippen molar-refractivity contribution >= 4 is 29.2 Å². The summed E-state index contributed by atoms with van der Waals surface area (Å²) in [5.74, 6) is -0.235. The lowest BCUT2D eigenvalue weighted by atomic mass is 9.78. The van der Waals surface area contributed by atoms with Crippen LogP contribution in [0.4, 0.5) is 5.69 Å². The highest BCUT2D eigenvalue weighted by atomic mass is 35.5. The molecule has 0 radical (unpaired) electrons. The second kappa shape index (κ2) is 6.71. The minimum atomic E-state index is -0.780. The van der Waals surface area contributed by atoms with E-state index >= 15 is 0 Å². The number of ether oxygens (including phenoxy) is 2. The zero-order valence-electron chi connectivity index (χ0n) is 14.7. The maximum absolute atomic E-state index is 13.0. The highest BCUT2D eigenvalue weighted by molar-refractivity contribution is 6.31. The molecule has 2 aliphatic rings. The molecule has 1 N–H and O–H groups in total. The van der Waals surface area contributed by atoms with Crippen LogP contribution in [0, 0.1) is 6.92 Å². The molecule has 1 fully saturated rings. The Morgan fingerprint density at radius 1 is 1.24 bits per heavy atom. The van der Waals surface area contributed by atoms with E-state index in [9.17, 15) is 9.59 Å². The van der Waals surface area contributed by atoms with Crippen LogP contribution in [0.3, 0.4) is 0 Å². The lowest BCUT2D eigenvalue weighted by molar-refractivity contribution is -0.149. The van der Waals surface area contributed by atoms with E-state index in [-0.39, 0.29) is 5.91 Å². The predicted octanol–water partition coefficient (Wildman–Crippen LogP) is 4.17. The molecule has 1 aromatic rings. The number of amides is 1. The largest absolute Gasteiger partial charge is 0.495 e. The van der Waals surface area contributed by atoms with Crippen molar-refractivity contribution in [3.05, 3.63) is 33.9 Å². The number of carbonyl (C=O) groups is 2. The molecule has 1 aliphatic carbocycles. The molecule has 5 nitrogen and oxygen atoms in total. The van der Waals surface area contributed by atoms with Crippen molar-refractivity contribution in [2.75, 3.05) is 12.4 Å². The molecule has 0 saturated heterocycles. The van der Waals surface area contributed by atoms with Crippen molar-refractivity contribution in [3.8, 4) is 5.75 Å². The normalized spacial score (nSPS) is 19.1. The van der Waals surface area contributed by atoms with Gasteiger partial charge in [-0.05, 0) is 51.2 Å². The van der Waals surface area contributed by atoms with E-state index in [1.54, 1.807) is 19.1 Å². The number of nitrogens with one attached hydrogen (secondary N) is 1. The Balaban J connectivity index is 1.94. The molecular weight excluding hydrogens is 342 g/mol. The van der Waals surface area contributed by atoms with Gasteiger partial charge >= 0.3 is 5.97 Å². The molecule has 1 aromatic carbocycles. The summed E-state index contributed by atoms with van der Waals surface area (Å²) in [6.07, 6.45) is 4.37. The van der Waals surface area contributed by atoms with Crippen LogP contribution >= 0.6 is 11.6 Å². The van der Waals surface area contributed by atoms with E-state index in [4.69, 9.17) is 21.1 Å². The predicted molar refractivity (Wildman–Crippen MR) is 96.0 cm³/mol. The fraction of sp³-hybridized carbons (Fsp3) is 0.474. The van der Waals surface area contributed by atoms with Gasteiger partial charge in [0.15, 0.2) is 0 Å². The van der Waals surface area contributed by atoms with Crippen LogP contribution in [0.25, 0.3) is 0 Å². The van der Waals surface area contributed by atoms with E-state index in [1.165, 1.54) is 7.11 Å². The smallest absolute Gasteiger partial charge is 0.335 e. The molecule has 0 unspecified atom stereocenters. The van der Waals surface area contributed by atoms with Gasteiger partial charge in [0.05, 0.1) is 18.4 Å². The van der Waals surface area contributed by atoms with Crippen molar-refractivity contribution in [2.24, 2.45) is 0 Å². The molecular formula is C19H22ClNO4. The van der Waals surface area contributed by atoms with Gasteiger partial charge in [0, 0.05) is 16.7 Å². The molecule has 1 saturated carbocycles. The summed E-state index contributed by atoms with van der Waals surface area (Å²) in [6, 6.07) is 3.43. The van der Waals surface area contributed by atoms with Crippen LogP contribution < -0.4 is 10.1 Å². The number of aryl methyl sites for hydroxylation is 1. The first kappa shape index (κ1) is 17.8. The van der Waals surface area contributed by atoms with E-state index in [2.05, 4.69) is 5.32 Å². The zero-order valence-corrected chi connectivity index (χ0v) is 15.5. The first-order valence-electron chi connectivity index (χ1n) is 8.48. The van der Waals surface area contributed by atoms with Crippen LogP contribution in [-0.4, -0.2) is 24.6 Å². The number of rotatable bonds is 3. The topological polar surface area (TPSA) is 64.6 Å². The van der Waals surface area contributed by atoms with Gasteiger partial charge in [-0.2, -0.15) is 0 Å². The van der Waals surface area contributed by atoms with Gasteiger partial charge in [-0.25, -0.2) is 4.79 Å². The summed E-state index contributed by atoms with van der Waals surface area (Å²) < 4.78 is 11.0. The monoisotopic (exact) mass is 363 g/mol. The van der Waals surface area contributed by atoms with E-state index < -0.39 is 11.6 Å². The van der Waals surface area contributed by atoms with Gasteiger partial charge in [0.1, 0.15) is 11.4 Å². The summed E-state index contributed by atoms with van der Waals surface area (Å²) in [4.78, 5) is 25.2. The lowest BCUT2D eigenvalue weighted by Crippen LogP contribution is -2.39. The Morgan fingerprint density at radius 2 is 1.92 bits per heavy atom. The van der Waals surface area contributed by atoms with Crippen LogP contribution in [0.2, 0.25) is 5.02 Å². The standard InChI is InChI=1S/C19H22ClNO4/c1-11-9-14(15(24-3)10-13(11)20)21-17(22)16-12(2)18(23)25-19(16)7-5-4-6-8-19/h9-10H,4-8H2,1-3H3,(H,21,22). The van der Waals surface area contributed by atoms with E-state index in [0.717, 1.165) is 24.8 Å². The van der Waals surface area contributed by atoms with Gasteiger partial charge < -0.3 is 14.8 Å². The van der Waals surface area contributed by atoms with Crippen LogP contribution in [-0.2, 0) is 14.3 Å². The molecule has 25 heavy (non-hydrogen) atoms. The molecule has 1 aliphatic heterocycles.